The number of hydrogen-bond acceptors (Lipinski definition) is 4. The topological polar surface area (TPSA) is 52.6 Å². The Labute approximate surface area is 124 Å². The van der Waals surface area contributed by atoms with E-state index < -0.39 is 0 Å². The van der Waals surface area contributed by atoms with Crippen LogP contribution in [-0.4, -0.2) is 48.7 Å². The van der Waals surface area contributed by atoms with Crippen LogP contribution in [0.4, 0.5) is 0 Å². The van der Waals surface area contributed by atoms with Gasteiger partial charge in [0.15, 0.2) is 0 Å². The number of aliphatic hydroxyl groups excluding tert-OH is 1. The summed E-state index contributed by atoms with van der Waals surface area (Å²) in [6, 6.07) is 1.85. The third kappa shape index (κ3) is 4.97. The number of nitrogens with zero attached hydrogens (tertiary/aromatic N) is 1. The second kappa shape index (κ2) is 8.75. The van der Waals surface area contributed by atoms with Crippen LogP contribution in [-0.2, 0) is 0 Å². The number of carbonyl (C=O) groups is 1. The molecule has 2 N–H and O–H groups in total. The maximum Gasteiger partial charge on any atom is 0.261 e. The third-order valence-corrected chi connectivity index (χ3v) is 4.18. The molecule has 0 saturated carbocycles. The molecule has 1 aromatic rings. The van der Waals surface area contributed by atoms with Crippen molar-refractivity contribution in [1.29, 1.82) is 0 Å². The maximum atomic E-state index is 12.0. The smallest absolute Gasteiger partial charge is 0.261 e. The van der Waals surface area contributed by atoms with E-state index >= 15 is 0 Å². The van der Waals surface area contributed by atoms with Crippen molar-refractivity contribution in [3.05, 3.63) is 21.4 Å². The van der Waals surface area contributed by atoms with E-state index in [0.29, 0.717) is 11.4 Å². The van der Waals surface area contributed by atoms with Gasteiger partial charge >= 0.3 is 0 Å². The predicted molar refractivity (Wildman–Crippen MR) is 83.1 cm³/mol. The standard InChI is InChI=1S/C15H22N2O2S/c1-4-17(5-2)9-8-16-15(19)14-11-12(3)13(20-14)7-6-10-18/h11,18H,4-5,8-10H2,1-3H3,(H,16,19). The van der Waals surface area contributed by atoms with E-state index in [1.807, 2.05) is 13.0 Å². The lowest BCUT2D eigenvalue weighted by Crippen LogP contribution is -2.34. The van der Waals surface area contributed by atoms with Gasteiger partial charge in [-0.3, -0.25) is 4.79 Å². The summed E-state index contributed by atoms with van der Waals surface area (Å²) in [6.45, 7) is 9.47. The lowest BCUT2D eigenvalue weighted by molar-refractivity contribution is 0.0953. The van der Waals surface area contributed by atoms with Gasteiger partial charge < -0.3 is 15.3 Å². The summed E-state index contributed by atoms with van der Waals surface area (Å²) < 4.78 is 0. The molecule has 5 heteroatoms. The average Bonchev–Trinajstić information content (AvgIpc) is 2.82. The third-order valence-electron chi connectivity index (χ3n) is 3.03. The molecule has 0 aliphatic carbocycles. The lowest BCUT2D eigenvalue weighted by Gasteiger charge is -2.17. The number of likely N-dealkylation sites (N-methyl/N-ethyl adjacent to an activating group) is 1. The molecule has 1 rings (SSSR count). The first-order valence-electron chi connectivity index (χ1n) is 6.83. The van der Waals surface area contributed by atoms with Crippen LogP contribution in [0.1, 0.15) is 34.0 Å². The zero-order valence-electron chi connectivity index (χ0n) is 12.3. The highest BCUT2D eigenvalue weighted by Crippen LogP contribution is 2.20. The van der Waals surface area contributed by atoms with Crippen molar-refractivity contribution >= 4 is 17.2 Å². The van der Waals surface area contributed by atoms with Gasteiger partial charge in [0.05, 0.1) is 9.75 Å². The highest BCUT2D eigenvalue weighted by molar-refractivity contribution is 7.14. The summed E-state index contributed by atoms with van der Waals surface area (Å²) in [5.74, 6) is 5.42. The molecule has 0 aliphatic heterocycles. The van der Waals surface area contributed by atoms with Crippen molar-refractivity contribution in [3.63, 3.8) is 0 Å². The number of thiophene rings is 1. The Morgan fingerprint density at radius 1 is 1.45 bits per heavy atom. The van der Waals surface area contributed by atoms with E-state index in [0.717, 1.165) is 30.1 Å². The SMILES string of the molecule is CCN(CC)CCNC(=O)c1cc(C)c(C#CCO)s1. The van der Waals surface area contributed by atoms with E-state index in [1.54, 1.807) is 0 Å². The van der Waals surface area contributed by atoms with Crippen LogP contribution >= 0.6 is 11.3 Å². The minimum absolute atomic E-state index is 0.0534. The Balaban J connectivity index is 2.56. The van der Waals surface area contributed by atoms with Gasteiger partial charge in [-0.05, 0) is 31.6 Å². The molecule has 4 nitrogen and oxygen atoms in total. The zero-order chi connectivity index (χ0) is 15.0. The maximum absolute atomic E-state index is 12.0. The number of carbonyl (C=O) groups excluding carboxylic acids is 1. The molecule has 0 aliphatic rings. The average molecular weight is 294 g/mol. The first kappa shape index (κ1) is 16.7. The van der Waals surface area contributed by atoms with Gasteiger partial charge in [0.1, 0.15) is 6.61 Å². The summed E-state index contributed by atoms with van der Waals surface area (Å²) in [5.41, 5.74) is 0.977. The number of aliphatic hydroxyl groups is 1. The highest BCUT2D eigenvalue weighted by Gasteiger charge is 2.11. The number of amides is 1. The summed E-state index contributed by atoms with van der Waals surface area (Å²) in [7, 11) is 0. The van der Waals surface area contributed by atoms with Crippen LogP contribution in [0.3, 0.4) is 0 Å². The number of rotatable bonds is 6. The molecule has 1 amide bonds. The van der Waals surface area contributed by atoms with Gasteiger partial charge in [-0.25, -0.2) is 0 Å². The van der Waals surface area contributed by atoms with Crippen LogP contribution in [0.15, 0.2) is 6.07 Å². The molecule has 1 aromatic heterocycles. The second-order valence-corrected chi connectivity index (χ2v) is 5.42. The summed E-state index contributed by atoms with van der Waals surface area (Å²) in [6.07, 6.45) is 0. The van der Waals surface area contributed by atoms with E-state index in [2.05, 4.69) is 35.9 Å². The van der Waals surface area contributed by atoms with Crippen molar-refractivity contribution in [2.75, 3.05) is 32.8 Å². The second-order valence-electron chi connectivity index (χ2n) is 4.37. The molecule has 0 atom stereocenters. The van der Waals surface area contributed by atoms with E-state index in [9.17, 15) is 4.79 Å². The Morgan fingerprint density at radius 2 is 2.15 bits per heavy atom. The van der Waals surface area contributed by atoms with Crippen molar-refractivity contribution in [2.45, 2.75) is 20.8 Å². The number of nitrogens with one attached hydrogen (secondary N) is 1. The monoisotopic (exact) mass is 294 g/mol. The van der Waals surface area contributed by atoms with Crippen molar-refractivity contribution in [1.82, 2.24) is 10.2 Å². The molecule has 0 aromatic carbocycles. The minimum Gasteiger partial charge on any atom is -0.384 e. The predicted octanol–water partition coefficient (Wildman–Crippen LogP) is 1.47. The van der Waals surface area contributed by atoms with Crippen LogP contribution in [0, 0.1) is 18.8 Å². The number of aryl methyl sites for hydroxylation is 1. The first-order valence-corrected chi connectivity index (χ1v) is 7.64. The fourth-order valence-corrected chi connectivity index (χ4v) is 2.76. The van der Waals surface area contributed by atoms with Gasteiger partial charge in [-0.15, -0.1) is 11.3 Å². The molecular weight excluding hydrogens is 272 g/mol. The first-order chi connectivity index (χ1) is 9.62. The molecule has 110 valence electrons. The Morgan fingerprint density at radius 3 is 2.75 bits per heavy atom. The Hall–Kier alpha value is -1.35. The molecular formula is C15H22N2O2S. The minimum atomic E-state index is -0.164. The van der Waals surface area contributed by atoms with Crippen LogP contribution in [0.2, 0.25) is 0 Å². The molecule has 0 radical (unpaired) electrons. The zero-order valence-corrected chi connectivity index (χ0v) is 13.1. The largest absolute Gasteiger partial charge is 0.384 e. The molecule has 0 fully saturated rings. The molecule has 20 heavy (non-hydrogen) atoms. The molecule has 1 heterocycles. The normalized spacial score (nSPS) is 10.2. The summed E-state index contributed by atoms with van der Waals surface area (Å²) in [4.78, 5) is 15.8. The Kier molecular flexibility index (Phi) is 7.31. The van der Waals surface area contributed by atoms with Gasteiger partial charge in [-0.2, -0.15) is 0 Å². The molecule has 0 spiro atoms. The van der Waals surface area contributed by atoms with E-state index in [4.69, 9.17) is 5.11 Å². The van der Waals surface area contributed by atoms with Crippen molar-refractivity contribution in [3.8, 4) is 11.8 Å². The van der Waals surface area contributed by atoms with Crippen LogP contribution < -0.4 is 5.32 Å². The van der Waals surface area contributed by atoms with Crippen molar-refractivity contribution in [2.24, 2.45) is 0 Å². The number of hydrogen-bond donors (Lipinski definition) is 2. The molecule has 0 bridgehead atoms. The van der Waals surface area contributed by atoms with Gasteiger partial charge in [-0.1, -0.05) is 25.7 Å². The van der Waals surface area contributed by atoms with Gasteiger partial charge in [0.2, 0.25) is 0 Å². The Bertz CT molecular complexity index is 496. The fraction of sp³-hybridized carbons (Fsp3) is 0.533. The lowest BCUT2D eigenvalue weighted by atomic mass is 10.2. The highest BCUT2D eigenvalue weighted by atomic mass is 32.1. The fourth-order valence-electron chi connectivity index (χ4n) is 1.79. The molecule has 0 saturated heterocycles. The quantitative estimate of drug-likeness (QED) is 0.781. The van der Waals surface area contributed by atoms with E-state index in [1.165, 1.54) is 11.3 Å². The molecule has 0 unspecified atom stereocenters. The summed E-state index contributed by atoms with van der Waals surface area (Å²) >= 11 is 1.37. The van der Waals surface area contributed by atoms with Gasteiger partial charge in [0, 0.05) is 13.1 Å². The van der Waals surface area contributed by atoms with Crippen molar-refractivity contribution < 1.29 is 9.90 Å². The summed E-state index contributed by atoms with van der Waals surface area (Å²) in [5, 5.41) is 11.6. The van der Waals surface area contributed by atoms with Crippen LogP contribution in [0.25, 0.3) is 0 Å². The van der Waals surface area contributed by atoms with Crippen LogP contribution in [0.5, 0.6) is 0 Å². The van der Waals surface area contributed by atoms with Gasteiger partial charge in [0.25, 0.3) is 5.91 Å². The van der Waals surface area contributed by atoms with E-state index in [-0.39, 0.29) is 12.5 Å².